The van der Waals surface area contributed by atoms with Crippen LogP contribution in [0.4, 0.5) is 0 Å². The molecule has 0 aromatic carbocycles. The summed E-state index contributed by atoms with van der Waals surface area (Å²) in [5.41, 5.74) is 0.587. The Morgan fingerprint density at radius 2 is 1.83 bits per heavy atom. The quantitative estimate of drug-likeness (QED) is 0.570. The summed E-state index contributed by atoms with van der Waals surface area (Å²) in [7, 11) is 1.90. The van der Waals surface area contributed by atoms with Gasteiger partial charge in [0.2, 0.25) is 0 Å². The maximum Gasteiger partial charge on any atom is 0.139 e. The minimum Gasteiger partial charge on any atom is -0.394 e. The highest BCUT2D eigenvalue weighted by atomic mass is 16.6. The van der Waals surface area contributed by atoms with Crippen molar-refractivity contribution in [2.45, 2.75) is 72.6 Å². The molecule has 0 heterocycles. The molecule has 5 heteroatoms. The highest BCUT2D eigenvalue weighted by Crippen LogP contribution is 2.66. The lowest BCUT2D eigenvalue weighted by Crippen LogP contribution is -2.61. The molecule has 0 bridgehead atoms. The van der Waals surface area contributed by atoms with Gasteiger partial charge in [-0.05, 0) is 62.3 Å². The van der Waals surface area contributed by atoms with Gasteiger partial charge in [-0.25, -0.2) is 0 Å². The molecule has 0 saturated heterocycles. The molecule has 0 spiro atoms. The molecular weight excluding hydrogens is 364 g/mol. The Balaban J connectivity index is 1.62. The Morgan fingerprint density at radius 1 is 1.07 bits per heavy atom. The highest BCUT2D eigenvalue weighted by Gasteiger charge is 2.65. The normalized spacial score (nSPS) is 44.9. The van der Waals surface area contributed by atoms with E-state index in [2.05, 4.69) is 38.2 Å². The SMILES string of the molecule is CNCCO/N=C1\CC[C@@]2(C)C(C(=O)C[C@@H]3[C@@H]2CC[C@]2(C)C(=O)CC[C@@H]32)C1(C)C. The van der Waals surface area contributed by atoms with E-state index in [1.165, 1.54) is 0 Å². The van der Waals surface area contributed by atoms with Gasteiger partial charge in [-0.2, -0.15) is 0 Å². The minimum absolute atomic E-state index is 0.000458. The van der Waals surface area contributed by atoms with Gasteiger partial charge in [0.25, 0.3) is 0 Å². The predicted octanol–water partition coefficient (Wildman–Crippen LogP) is 4.01. The topological polar surface area (TPSA) is 67.8 Å². The first-order chi connectivity index (χ1) is 13.7. The van der Waals surface area contributed by atoms with E-state index in [1.807, 2.05) is 7.05 Å². The molecule has 4 aliphatic carbocycles. The maximum absolute atomic E-state index is 13.6. The fourth-order valence-corrected chi connectivity index (χ4v) is 7.96. The average molecular weight is 403 g/mol. The fraction of sp³-hybridized carbons (Fsp3) is 0.875. The number of likely N-dealkylation sites (N-methyl/N-ethyl adjacent to an activating group) is 1. The standard InChI is InChI=1S/C24H38N2O3/c1-22(2)19(26-29-13-12-25-5)9-11-24(4)17-8-10-23(3)16(6-7-20(23)28)15(17)14-18(27)21(22)24/h15-17,21,25H,6-14H2,1-5H3/b26-19+/t15-,16-,17-,21?,23-,24+/m0/s1. The van der Waals surface area contributed by atoms with Crippen LogP contribution in [0.1, 0.15) is 72.6 Å². The van der Waals surface area contributed by atoms with Crippen molar-refractivity contribution in [3.8, 4) is 0 Å². The number of oxime groups is 1. The van der Waals surface area contributed by atoms with Crippen molar-refractivity contribution in [3.05, 3.63) is 0 Å². The zero-order chi connectivity index (χ0) is 21.0. The molecular formula is C24H38N2O3. The lowest BCUT2D eigenvalue weighted by atomic mass is 9.41. The van der Waals surface area contributed by atoms with Crippen molar-refractivity contribution >= 4 is 17.3 Å². The number of nitrogens with zero attached hydrogens (tertiary/aromatic N) is 1. The third-order valence-electron chi connectivity index (χ3n) is 9.40. The van der Waals surface area contributed by atoms with Gasteiger partial charge in [0.05, 0.1) is 5.71 Å². The maximum atomic E-state index is 13.6. The van der Waals surface area contributed by atoms with Crippen molar-refractivity contribution in [3.63, 3.8) is 0 Å². The molecule has 6 atom stereocenters. The van der Waals surface area contributed by atoms with Crippen LogP contribution >= 0.6 is 0 Å². The fourth-order valence-electron chi connectivity index (χ4n) is 7.96. The summed E-state index contributed by atoms with van der Waals surface area (Å²) in [4.78, 5) is 31.8. The highest BCUT2D eigenvalue weighted by molar-refractivity contribution is 5.97. The summed E-state index contributed by atoms with van der Waals surface area (Å²) in [6, 6.07) is 0. The molecule has 5 nitrogen and oxygen atoms in total. The number of rotatable bonds is 4. The number of hydrogen-bond acceptors (Lipinski definition) is 5. The zero-order valence-corrected chi connectivity index (χ0v) is 18.8. The van der Waals surface area contributed by atoms with Crippen LogP contribution in [0.3, 0.4) is 0 Å². The molecule has 0 amide bonds. The molecule has 4 saturated carbocycles. The number of fused-ring (bicyclic) bond motifs is 5. The Labute approximate surface area is 175 Å². The van der Waals surface area contributed by atoms with E-state index in [0.717, 1.165) is 44.4 Å². The molecule has 4 aliphatic rings. The van der Waals surface area contributed by atoms with Crippen LogP contribution in [0.15, 0.2) is 5.16 Å². The Hall–Kier alpha value is -1.23. The molecule has 0 aromatic heterocycles. The number of ketones is 2. The van der Waals surface area contributed by atoms with E-state index < -0.39 is 0 Å². The van der Waals surface area contributed by atoms with Crippen LogP contribution in [0, 0.1) is 39.9 Å². The van der Waals surface area contributed by atoms with Crippen molar-refractivity contribution in [2.75, 3.05) is 20.2 Å². The van der Waals surface area contributed by atoms with Crippen LogP contribution in [0.25, 0.3) is 0 Å². The number of hydrogen-bond donors (Lipinski definition) is 1. The third-order valence-corrected chi connectivity index (χ3v) is 9.40. The van der Waals surface area contributed by atoms with Crippen LogP contribution in [0.5, 0.6) is 0 Å². The second kappa shape index (κ2) is 7.18. The van der Waals surface area contributed by atoms with E-state index in [4.69, 9.17) is 4.84 Å². The third kappa shape index (κ3) is 3.02. The summed E-state index contributed by atoms with van der Waals surface area (Å²) < 4.78 is 0. The smallest absolute Gasteiger partial charge is 0.139 e. The van der Waals surface area contributed by atoms with Crippen molar-refractivity contribution < 1.29 is 14.4 Å². The second-order valence-electron chi connectivity index (χ2n) is 11.1. The first kappa shape index (κ1) is 21.0. The summed E-state index contributed by atoms with van der Waals surface area (Å²) >= 11 is 0. The van der Waals surface area contributed by atoms with E-state index in [0.29, 0.717) is 48.8 Å². The molecule has 0 radical (unpaired) electrons. The Kier molecular flexibility index (Phi) is 5.20. The number of carbonyl (C=O) groups is 2. The van der Waals surface area contributed by atoms with E-state index in [9.17, 15) is 9.59 Å². The molecule has 4 rings (SSSR count). The molecule has 0 aliphatic heterocycles. The van der Waals surface area contributed by atoms with Crippen LogP contribution < -0.4 is 5.32 Å². The van der Waals surface area contributed by atoms with E-state index >= 15 is 0 Å². The van der Waals surface area contributed by atoms with Gasteiger partial charge < -0.3 is 10.2 Å². The molecule has 162 valence electrons. The van der Waals surface area contributed by atoms with E-state index in [-0.39, 0.29) is 22.2 Å². The summed E-state index contributed by atoms with van der Waals surface area (Å²) in [6.07, 6.45) is 6.34. The lowest BCUT2D eigenvalue weighted by molar-refractivity contribution is -0.160. The largest absolute Gasteiger partial charge is 0.394 e. The van der Waals surface area contributed by atoms with Gasteiger partial charge in [0.15, 0.2) is 0 Å². The lowest BCUT2D eigenvalue weighted by Gasteiger charge is -2.62. The summed E-state index contributed by atoms with van der Waals surface area (Å²) in [5, 5.41) is 7.56. The number of Topliss-reactive ketones (excluding diaryl/α,β-unsaturated/α-hetero) is 2. The van der Waals surface area contributed by atoms with Gasteiger partial charge in [-0.1, -0.05) is 32.9 Å². The molecule has 1 N–H and O–H groups in total. The van der Waals surface area contributed by atoms with E-state index in [1.54, 1.807) is 0 Å². The molecule has 4 fully saturated rings. The Morgan fingerprint density at radius 3 is 2.55 bits per heavy atom. The van der Waals surface area contributed by atoms with Crippen molar-refractivity contribution in [2.24, 2.45) is 45.1 Å². The zero-order valence-electron chi connectivity index (χ0n) is 18.8. The van der Waals surface area contributed by atoms with Crippen molar-refractivity contribution in [1.82, 2.24) is 5.32 Å². The first-order valence-corrected chi connectivity index (χ1v) is 11.6. The van der Waals surface area contributed by atoms with Crippen LogP contribution in [0.2, 0.25) is 0 Å². The van der Waals surface area contributed by atoms with Gasteiger partial charge >= 0.3 is 0 Å². The summed E-state index contributed by atoms with van der Waals surface area (Å²) in [5.74, 6) is 2.16. The van der Waals surface area contributed by atoms with Crippen LogP contribution in [-0.2, 0) is 14.4 Å². The van der Waals surface area contributed by atoms with Gasteiger partial charge in [-0.3, -0.25) is 9.59 Å². The number of carbonyl (C=O) groups excluding carboxylic acids is 2. The molecule has 0 aromatic rings. The van der Waals surface area contributed by atoms with Gasteiger partial charge in [-0.15, -0.1) is 0 Å². The average Bonchev–Trinajstić information content (AvgIpc) is 2.95. The number of nitrogens with one attached hydrogen (secondary N) is 1. The molecule has 1 unspecified atom stereocenters. The van der Waals surface area contributed by atoms with Crippen molar-refractivity contribution in [1.29, 1.82) is 0 Å². The minimum atomic E-state index is -0.277. The van der Waals surface area contributed by atoms with Crippen LogP contribution in [-0.4, -0.2) is 37.5 Å². The summed E-state index contributed by atoms with van der Waals surface area (Å²) in [6.45, 7) is 10.2. The monoisotopic (exact) mass is 402 g/mol. The first-order valence-electron chi connectivity index (χ1n) is 11.6. The predicted molar refractivity (Wildman–Crippen MR) is 114 cm³/mol. The van der Waals surface area contributed by atoms with Gasteiger partial charge in [0.1, 0.15) is 18.2 Å². The van der Waals surface area contributed by atoms with Gasteiger partial charge in [0, 0.05) is 36.1 Å². The molecule has 29 heavy (non-hydrogen) atoms. The second-order valence-corrected chi connectivity index (χ2v) is 11.1. The Bertz CT molecular complexity index is 730.